The van der Waals surface area contributed by atoms with Crippen LogP contribution in [0.25, 0.3) is 11.0 Å². The quantitative estimate of drug-likeness (QED) is 0.773. The van der Waals surface area contributed by atoms with Crippen LogP contribution in [0.2, 0.25) is 5.02 Å². The van der Waals surface area contributed by atoms with E-state index in [0.29, 0.717) is 22.1 Å². The van der Waals surface area contributed by atoms with Gasteiger partial charge in [0.25, 0.3) is 5.91 Å². The minimum atomic E-state index is -0.291. The van der Waals surface area contributed by atoms with Crippen LogP contribution < -0.4 is 5.32 Å². The number of carbonyl (C=O) groups excluding carboxylic acids is 1. The van der Waals surface area contributed by atoms with Crippen LogP contribution in [0.1, 0.15) is 16.1 Å². The number of fused-ring (bicyclic) bond motifs is 1. The van der Waals surface area contributed by atoms with Gasteiger partial charge < -0.3 is 9.73 Å². The maximum Gasteiger partial charge on any atom is 0.291 e. The van der Waals surface area contributed by atoms with Crippen molar-refractivity contribution in [2.75, 3.05) is 5.32 Å². The zero-order valence-corrected chi connectivity index (χ0v) is 11.4. The van der Waals surface area contributed by atoms with E-state index >= 15 is 0 Å². The molecule has 5 heteroatoms. The van der Waals surface area contributed by atoms with Crippen molar-refractivity contribution in [2.24, 2.45) is 0 Å². The van der Waals surface area contributed by atoms with E-state index in [1.54, 1.807) is 42.7 Å². The van der Waals surface area contributed by atoms with Gasteiger partial charge in [0.2, 0.25) is 0 Å². The molecule has 0 radical (unpaired) electrons. The highest BCUT2D eigenvalue weighted by atomic mass is 35.5. The highest BCUT2D eigenvalue weighted by Gasteiger charge is 2.17. The maximum absolute atomic E-state index is 12.2. The van der Waals surface area contributed by atoms with Crippen molar-refractivity contribution in [3.63, 3.8) is 0 Å². The normalized spacial score (nSPS) is 10.7. The van der Waals surface area contributed by atoms with Crippen LogP contribution in [-0.2, 0) is 0 Å². The molecule has 0 atom stereocenters. The Morgan fingerprint density at radius 1 is 1.25 bits per heavy atom. The van der Waals surface area contributed by atoms with E-state index in [0.717, 1.165) is 10.9 Å². The van der Waals surface area contributed by atoms with Gasteiger partial charge >= 0.3 is 0 Å². The number of nitrogens with zero attached hydrogens (tertiary/aromatic N) is 1. The number of hydrogen-bond donors (Lipinski definition) is 1. The largest absolute Gasteiger partial charge is 0.451 e. The number of hydrogen-bond acceptors (Lipinski definition) is 3. The standard InChI is InChI=1S/C15H11ClN2O2/c1-9-12-8-10(16)2-3-13(12)20-14(9)15(19)18-11-4-6-17-7-5-11/h2-8H,1H3,(H,17,18,19). The van der Waals surface area contributed by atoms with E-state index in [4.69, 9.17) is 16.0 Å². The predicted molar refractivity (Wildman–Crippen MR) is 78.2 cm³/mol. The summed E-state index contributed by atoms with van der Waals surface area (Å²) in [5.41, 5.74) is 2.09. The molecule has 20 heavy (non-hydrogen) atoms. The second kappa shape index (κ2) is 4.98. The lowest BCUT2D eigenvalue weighted by Gasteiger charge is -2.02. The van der Waals surface area contributed by atoms with Gasteiger partial charge in [-0.05, 0) is 37.3 Å². The SMILES string of the molecule is Cc1c(C(=O)Nc2ccncc2)oc2ccc(Cl)cc12. The molecule has 0 saturated carbocycles. The monoisotopic (exact) mass is 286 g/mol. The summed E-state index contributed by atoms with van der Waals surface area (Å²) in [4.78, 5) is 16.1. The molecule has 0 fully saturated rings. The Hall–Kier alpha value is -2.33. The van der Waals surface area contributed by atoms with Crippen LogP contribution in [0.3, 0.4) is 0 Å². The van der Waals surface area contributed by atoms with Crippen LogP contribution in [0.5, 0.6) is 0 Å². The molecular formula is C15H11ClN2O2. The fraction of sp³-hybridized carbons (Fsp3) is 0.0667. The van der Waals surface area contributed by atoms with Gasteiger partial charge in [0.1, 0.15) is 5.58 Å². The molecule has 2 aromatic heterocycles. The summed E-state index contributed by atoms with van der Waals surface area (Å²) >= 11 is 5.96. The molecule has 0 spiro atoms. The van der Waals surface area contributed by atoms with E-state index in [2.05, 4.69) is 10.3 Å². The second-order valence-electron chi connectivity index (χ2n) is 4.39. The molecule has 0 aliphatic carbocycles. The van der Waals surface area contributed by atoms with Crippen molar-refractivity contribution in [2.45, 2.75) is 6.92 Å². The Balaban J connectivity index is 1.98. The Labute approximate surface area is 120 Å². The zero-order chi connectivity index (χ0) is 14.1. The lowest BCUT2D eigenvalue weighted by Crippen LogP contribution is -2.11. The van der Waals surface area contributed by atoms with Crippen molar-refractivity contribution in [1.82, 2.24) is 4.98 Å². The molecule has 1 aromatic carbocycles. The van der Waals surface area contributed by atoms with Gasteiger partial charge in [-0.15, -0.1) is 0 Å². The Morgan fingerprint density at radius 3 is 2.75 bits per heavy atom. The van der Waals surface area contributed by atoms with Gasteiger partial charge in [0.15, 0.2) is 5.76 Å². The summed E-state index contributed by atoms with van der Waals surface area (Å²) in [5.74, 6) is 0.0000939. The summed E-state index contributed by atoms with van der Waals surface area (Å²) in [6.07, 6.45) is 3.22. The Bertz CT molecular complexity index is 781. The number of benzene rings is 1. The van der Waals surface area contributed by atoms with Gasteiger partial charge in [-0.2, -0.15) is 0 Å². The van der Waals surface area contributed by atoms with Gasteiger partial charge in [-0.3, -0.25) is 9.78 Å². The van der Waals surface area contributed by atoms with Crippen LogP contribution in [0.15, 0.2) is 47.1 Å². The van der Waals surface area contributed by atoms with E-state index < -0.39 is 0 Å². The molecule has 0 bridgehead atoms. The molecule has 0 aliphatic heterocycles. The lowest BCUT2D eigenvalue weighted by atomic mass is 10.1. The first-order valence-electron chi connectivity index (χ1n) is 6.05. The van der Waals surface area contributed by atoms with Crippen LogP contribution in [0, 0.1) is 6.92 Å². The minimum Gasteiger partial charge on any atom is -0.451 e. The van der Waals surface area contributed by atoms with E-state index in [-0.39, 0.29) is 5.91 Å². The summed E-state index contributed by atoms with van der Waals surface area (Å²) in [6, 6.07) is 8.71. The fourth-order valence-corrected chi connectivity index (χ4v) is 2.20. The Morgan fingerprint density at radius 2 is 2.00 bits per heavy atom. The van der Waals surface area contributed by atoms with E-state index in [1.165, 1.54) is 0 Å². The zero-order valence-electron chi connectivity index (χ0n) is 10.7. The number of aryl methyl sites for hydroxylation is 1. The van der Waals surface area contributed by atoms with E-state index in [1.807, 2.05) is 6.92 Å². The minimum absolute atomic E-state index is 0.291. The summed E-state index contributed by atoms with van der Waals surface area (Å²) < 4.78 is 5.60. The molecule has 3 aromatic rings. The first kappa shape index (κ1) is 12.7. The van der Waals surface area contributed by atoms with Gasteiger partial charge in [-0.25, -0.2) is 0 Å². The number of pyridine rings is 1. The molecule has 0 unspecified atom stereocenters. The maximum atomic E-state index is 12.2. The van der Waals surface area contributed by atoms with Crippen molar-refractivity contribution >= 4 is 34.2 Å². The van der Waals surface area contributed by atoms with E-state index in [9.17, 15) is 4.79 Å². The summed E-state index contributed by atoms with van der Waals surface area (Å²) in [5, 5.41) is 4.23. The molecule has 2 heterocycles. The van der Waals surface area contributed by atoms with Gasteiger partial charge in [0, 0.05) is 34.1 Å². The number of amides is 1. The third kappa shape index (κ3) is 2.26. The molecule has 1 amide bonds. The van der Waals surface area contributed by atoms with Gasteiger partial charge in [-0.1, -0.05) is 11.6 Å². The molecule has 3 rings (SSSR count). The highest BCUT2D eigenvalue weighted by molar-refractivity contribution is 6.31. The summed E-state index contributed by atoms with van der Waals surface area (Å²) in [7, 11) is 0. The predicted octanol–water partition coefficient (Wildman–Crippen LogP) is 4.04. The molecule has 0 saturated heterocycles. The lowest BCUT2D eigenvalue weighted by molar-refractivity contribution is 0.0998. The van der Waals surface area contributed by atoms with Crippen molar-refractivity contribution in [1.29, 1.82) is 0 Å². The van der Waals surface area contributed by atoms with Crippen LogP contribution in [0.4, 0.5) is 5.69 Å². The number of carbonyl (C=O) groups is 1. The average Bonchev–Trinajstić information content (AvgIpc) is 2.77. The molecule has 0 aliphatic rings. The number of anilines is 1. The number of aromatic nitrogens is 1. The first-order valence-corrected chi connectivity index (χ1v) is 6.43. The number of rotatable bonds is 2. The third-order valence-electron chi connectivity index (χ3n) is 3.04. The average molecular weight is 287 g/mol. The molecule has 1 N–H and O–H groups in total. The smallest absolute Gasteiger partial charge is 0.291 e. The number of furan rings is 1. The molecular weight excluding hydrogens is 276 g/mol. The van der Waals surface area contributed by atoms with Gasteiger partial charge in [0.05, 0.1) is 0 Å². The molecule has 4 nitrogen and oxygen atoms in total. The number of nitrogens with one attached hydrogen (secondary N) is 1. The fourth-order valence-electron chi connectivity index (χ4n) is 2.03. The highest BCUT2D eigenvalue weighted by Crippen LogP contribution is 2.28. The first-order chi connectivity index (χ1) is 9.65. The van der Waals surface area contributed by atoms with Crippen molar-refractivity contribution in [3.8, 4) is 0 Å². The van der Waals surface area contributed by atoms with Crippen molar-refractivity contribution in [3.05, 3.63) is 59.1 Å². The summed E-state index contributed by atoms with van der Waals surface area (Å²) in [6.45, 7) is 1.84. The van der Waals surface area contributed by atoms with Crippen LogP contribution in [-0.4, -0.2) is 10.9 Å². The van der Waals surface area contributed by atoms with Crippen molar-refractivity contribution < 1.29 is 9.21 Å². The number of halogens is 1. The third-order valence-corrected chi connectivity index (χ3v) is 3.28. The second-order valence-corrected chi connectivity index (χ2v) is 4.82. The Kier molecular flexibility index (Phi) is 3.16. The topological polar surface area (TPSA) is 55.1 Å². The van der Waals surface area contributed by atoms with Crippen LogP contribution >= 0.6 is 11.6 Å². The molecule has 100 valence electrons.